The lowest BCUT2D eigenvalue weighted by Gasteiger charge is -2.24. The molecule has 0 fully saturated rings. The number of rotatable bonds is 8. The van der Waals surface area contributed by atoms with Gasteiger partial charge in [0.2, 0.25) is 5.95 Å². The summed E-state index contributed by atoms with van der Waals surface area (Å²) in [6.07, 6.45) is 3.66. The number of fused-ring (bicyclic) bond motifs is 1. The van der Waals surface area contributed by atoms with Crippen molar-refractivity contribution in [3.63, 3.8) is 0 Å². The second-order valence-electron chi connectivity index (χ2n) is 12.2. The van der Waals surface area contributed by atoms with Gasteiger partial charge >= 0.3 is 5.97 Å². The van der Waals surface area contributed by atoms with Gasteiger partial charge in [-0.2, -0.15) is 4.98 Å². The van der Waals surface area contributed by atoms with Gasteiger partial charge in [-0.3, -0.25) is 13.9 Å². The molecule has 3 aromatic heterocycles. The Bertz CT molecular complexity index is 1950. The van der Waals surface area contributed by atoms with E-state index in [0.29, 0.717) is 46.2 Å². The standard InChI is InChI=1S/C36H40N6O3/c1-9-28(33-39-29-17-13-14-22(2)31(29)34(44)42(33)26-15-11-10-12-16-26)38-32-27(20-21-30(43)45-36(6,7)8)25(5)37-35(40-32)41-23(3)18-19-24(41)4/h10-21,28H,9H2,1-8H3,(H,37,38,40). The molecule has 5 rings (SSSR count). The van der Waals surface area contributed by atoms with Crippen molar-refractivity contribution in [2.75, 3.05) is 5.32 Å². The lowest BCUT2D eigenvalue weighted by molar-refractivity contribution is -0.148. The number of esters is 1. The number of benzene rings is 2. The summed E-state index contributed by atoms with van der Waals surface area (Å²) in [5.41, 5.74) is 4.74. The summed E-state index contributed by atoms with van der Waals surface area (Å²) in [5, 5.41) is 4.18. The molecule has 1 atom stereocenters. The highest BCUT2D eigenvalue weighted by atomic mass is 16.6. The second kappa shape index (κ2) is 12.5. The summed E-state index contributed by atoms with van der Waals surface area (Å²) in [6.45, 7) is 15.3. The lowest BCUT2D eigenvalue weighted by Crippen LogP contribution is -2.29. The van der Waals surface area contributed by atoms with Crippen LogP contribution in [0, 0.1) is 27.7 Å². The van der Waals surface area contributed by atoms with Crippen LogP contribution in [0.2, 0.25) is 0 Å². The number of hydrogen-bond acceptors (Lipinski definition) is 7. The average molecular weight is 605 g/mol. The minimum atomic E-state index is -0.629. The number of carbonyl (C=O) groups is 1. The van der Waals surface area contributed by atoms with Gasteiger partial charge in [0.05, 0.1) is 28.3 Å². The number of aromatic nitrogens is 5. The molecule has 0 bridgehead atoms. The molecule has 9 heteroatoms. The van der Waals surface area contributed by atoms with E-state index in [-0.39, 0.29) is 5.56 Å². The van der Waals surface area contributed by atoms with Crippen LogP contribution in [0.3, 0.4) is 0 Å². The molecule has 3 heterocycles. The van der Waals surface area contributed by atoms with Gasteiger partial charge in [0.25, 0.3) is 5.56 Å². The molecule has 0 amide bonds. The van der Waals surface area contributed by atoms with E-state index in [1.54, 1.807) is 10.6 Å². The maximum Gasteiger partial charge on any atom is 0.331 e. The normalized spacial score (nSPS) is 12.5. The van der Waals surface area contributed by atoms with Crippen LogP contribution in [0.25, 0.3) is 28.6 Å². The highest BCUT2D eigenvalue weighted by Crippen LogP contribution is 2.29. The Kier molecular flexibility index (Phi) is 8.73. The number of aryl methyl sites for hydroxylation is 4. The first-order valence-corrected chi connectivity index (χ1v) is 15.2. The summed E-state index contributed by atoms with van der Waals surface area (Å²) < 4.78 is 9.18. The summed E-state index contributed by atoms with van der Waals surface area (Å²) >= 11 is 0. The highest BCUT2D eigenvalue weighted by molar-refractivity contribution is 5.88. The molecule has 2 aromatic carbocycles. The minimum Gasteiger partial charge on any atom is -0.457 e. The van der Waals surface area contributed by atoms with Crippen LogP contribution in [0.1, 0.15) is 74.2 Å². The second-order valence-corrected chi connectivity index (χ2v) is 12.2. The van der Waals surface area contributed by atoms with E-state index >= 15 is 0 Å². The van der Waals surface area contributed by atoms with Crippen molar-refractivity contribution in [3.8, 4) is 11.6 Å². The smallest absolute Gasteiger partial charge is 0.331 e. The Labute approximate surface area is 263 Å². The van der Waals surface area contributed by atoms with Crippen molar-refractivity contribution in [2.24, 2.45) is 0 Å². The topological polar surface area (TPSA) is 104 Å². The zero-order valence-electron chi connectivity index (χ0n) is 27.2. The van der Waals surface area contributed by atoms with Crippen molar-refractivity contribution in [1.29, 1.82) is 0 Å². The van der Waals surface area contributed by atoms with Gasteiger partial charge in [-0.15, -0.1) is 0 Å². The van der Waals surface area contributed by atoms with E-state index in [1.165, 1.54) is 6.08 Å². The van der Waals surface area contributed by atoms with Gasteiger partial charge in [-0.05, 0) is 96.9 Å². The Morgan fingerprint density at radius 1 is 0.911 bits per heavy atom. The molecule has 9 nitrogen and oxygen atoms in total. The zero-order chi connectivity index (χ0) is 32.5. The fraction of sp³-hybridized carbons (Fsp3) is 0.306. The largest absolute Gasteiger partial charge is 0.457 e. The van der Waals surface area contributed by atoms with Gasteiger partial charge < -0.3 is 10.1 Å². The first-order valence-electron chi connectivity index (χ1n) is 15.2. The van der Waals surface area contributed by atoms with Crippen LogP contribution in [-0.2, 0) is 9.53 Å². The van der Waals surface area contributed by atoms with Crippen molar-refractivity contribution < 1.29 is 9.53 Å². The average Bonchev–Trinajstić information content (AvgIpc) is 3.32. The third-order valence-electron chi connectivity index (χ3n) is 7.57. The first-order chi connectivity index (χ1) is 21.4. The van der Waals surface area contributed by atoms with E-state index in [1.807, 2.05) is 121 Å². The lowest BCUT2D eigenvalue weighted by atomic mass is 10.1. The Hall–Kier alpha value is -5.05. The van der Waals surface area contributed by atoms with E-state index in [9.17, 15) is 9.59 Å². The molecular weight excluding hydrogens is 564 g/mol. The summed E-state index contributed by atoms with van der Waals surface area (Å²) in [5.74, 6) is 1.10. The predicted octanol–water partition coefficient (Wildman–Crippen LogP) is 7.12. The number of hydrogen-bond donors (Lipinski definition) is 1. The maximum absolute atomic E-state index is 14.1. The van der Waals surface area contributed by atoms with Crippen LogP contribution >= 0.6 is 0 Å². The van der Waals surface area contributed by atoms with Crippen molar-refractivity contribution in [1.82, 2.24) is 24.1 Å². The number of nitrogens with one attached hydrogen (secondary N) is 1. The van der Waals surface area contributed by atoms with E-state index in [4.69, 9.17) is 19.7 Å². The number of ether oxygens (including phenoxy) is 1. The third-order valence-corrected chi connectivity index (χ3v) is 7.57. The summed E-state index contributed by atoms with van der Waals surface area (Å²) in [4.78, 5) is 41.7. The van der Waals surface area contributed by atoms with E-state index in [0.717, 1.165) is 22.6 Å². The molecule has 0 saturated heterocycles. The van der Waals surface area contributed by atoms with Gasteiger partial charge in [0.1, 0.15) is 17.2 Å². The minimum absolute atomic E-state index is 0.136. The summed E-state index contributed by atoms with van der Waals surface area (Å²) in [7, 11) is 0. The Morgan fingerprint density at radius 2 is 1.60 bits per heavy atom. The number of nitrogens with zero attached hydrogens (tertiary/aromatic N) is 5. The molecule has 5 aromatic rings. The number of anilines is 1. The quantitative estimate of drug-likeness (QED) is 0.149. The first kappa shape index (κ1) is 31.4. The predicted molar refractivity (Wildman–Crippen MR) is 179 cm³/mol. The molecule has 232 valence electrons. The molecule has 45 heavy (non-hydrogen) atoms. The van der Waals surface area contributed by atoms with E-state index < -0.39 is 17.6 Å². The van der Waals surface area contributed by atoms with Gasteiger partial charge in [-0.25, -0.2) is 14.8 Å². The van der Waals surface area contributed by atoms with Crippen molar-refractivity contribution in [3.05, 3.63) is 111 Å². The zero-order valence-corrected chi connectivity index (χ0v) is 27.2. The molecule has 1 N–H and O–H groups in total. The van der Waals surface area contributed by atoms with Crippen molar-refractivity contribution in [2.45, 2.75) is 73.5 Å². The Balaban J connectivity index is 1.70. The van der Waals surface area contributed by atoms with Crippen LogP contribution in [0.15, 0.2) is 71.5 Å². The number of para-hydroxylation sites is 1. The number of carbonyl (C=O) groups excluding carboxylic acids is 1. The monoisotopic (exact) mass is 604 g/mol. The Morgan fingerprint density at radius 3 is 2.24 bits per heavy atom. The molecule has 0 saturated carbocycles. The van der Waals surface area contributed by atoms with Gasteiger partial charge in [0, 0.05) is 23.0 Å². The third kappa shape index (κ3) is 6.57. The molecule has 0 aliphatic heterocycles. The SMILES string of the molecule is CCC(Nc1nc(-n2c(C)ccc2C)nc(C)c1C=CC(=O)OC(C)(C)C)c1nc2cccc(C)c2c(=O)n1-c1ccccc1. The molecule has 1 unspecified atom stereocenters. The van der Waals surface area contributed by atoms with Crippen LogP contribution in [0.4, 0.5) is 5.82 Å². The maximum atomic E-state index is 14.1. The molecular formula is C36H40N6O3. The van der Waals surface area contributed by atoms with Crippen LogP contribution < -0.4 is 10.9 Å². The van der Waals surface area contributed by atoms with Gasteiger partial charge in [0.15, 0.2) is 0 Å². The molecule has 0 aliphatic rings. The molecule has 0 spiro atoms. The molecule has 0 aliphatic carbocycles. The van der Waals surface area contributed by atoms with Crippen LogP contribution in [-0.4, -0.2) is 35.7 Å². The molecule has 0 radical (unpaired) electrons. The fourth-order valence-corrected chi connectivity index (χ4v) is 5.43. The summed E-state index contributed by atoms with van der Waals surface area (Å²) in [6, 6.07) is 18.9. The van der Waals surface area contributed by atoms with Gasteiger partial charge in [-0.1, -0.05) is 37.3 Å². The highest BCUT2D eigenvalue weighted by Gasteiger charge is 2.24. The van der Waals surface area contributed by atoms with Crippen molar-refractivity contribution >= 4 is 28.8 Å². The fourth-order valence-electron chi connectivity index (χ4n) is 5.43. The van der Waals surface area contributed by atoms with Crippen LogP contribution in [0.5, 0.6) is 0 Å². The van der Waals surface area contributed by atoms with E-state index in [2.05, 4.69) is 5.32 Å².